The summed E-state index contributed by atoms with van der Waals surface area (Å²) in [5.74, 6) is 0.463. The van der Waals surface area contributed by atoms with Crippen LogP contribution in [0.4, 0.5) is 19.0 Å². The van der Waals surface area contributed by atoms with Gasteiger partial charge in [-0.05, 0) is 31.0 Å². The third kappa shape index (κ3) is 3.74. The predicted molar refractivity (Wildman–Crippen MR) is 100 cm³/mol. The van der Waals surface area contributed by atoms with Crippen LogP contribution in [0.1, 0.15) is 18.4 Å². The van der Waals surface area contributed by atoms with Crippen molar-refractivity contribution in [2.45, 2.75) is 25.1 Å². The van der Waals surface area contributed by atoms with E-state index in [0.717, 1.165) is 25.5 Å². The number of halogens is 4. The van der Waals surface area contributed by atoms with Gasteiger partial charge in [0.25, 0.3) is 0 Å². The molecule has 1 atom stereocenters. The maximum Gasteiger partial charge on any atom is 0.417 e. The second-order valence-corrected chi connectivity index (χ2v) is 6.96. The minimum atomic E-state index is -4.57. The largest absolute Gasteiger partial charge is 0.417 e. The van der Waals surface area contributed by atoms with Crippen molar-refractivity contribution in [1.29, 1.82) is 0 Å². The van der Waals surface area contributed by atoms with Gasteiger partial charge in [-0.25, -0.2) is 0 Å². The number of aromatic nitrogens is 3. The summed E-state index contributed by atoms with van der Waals surface area (Å²) in [5, 5.41) is 12.5. The SMILES string of the molecule is FC(F)(F)c1cc(Cl)ccc1-c1nnc(NCC2CCCO2)c2cnccc12. The van der Waals surface area contributed by atoms with Crippen LogP contribution in [0.25, 0.3) is 22.0 Å². The molecular weight excluding hydrogens is 393 g/mol. The highest BCUT2D eigenvalue weighted by Gasteiger charge is 2.35. The van der Waals surface area contributed by atoms with E-state index in [1.165, 1.54) is 18.3 Å². The van der Waals surface area contributed by atoms with E-state index in [-0.39, 0.29) is 22.4 Å². The Bertz CT molecular complexity index is 1010. The number of rotatable bonds is 4. The maximum absolute atomic E-state index is 13.5. The van der Waals surface area contributed by atoms with Crippen LogP contribution >= 0.6 is 11.6 Å². The summed E-state index contributed by atoms with van der Waals surface area (Å²) in [6, 6.07) is 5.25. The van der Waals surface area contributed by atoms with Gasteiger partial charge in [-0.2, -0.15) is 13.2 Å². The summed E-state index contributed by atoms with van der Waals surface area (Å²) < 4.78 is 46.2. The molecule has 1 fully saturated rings. The molecule has 3 heterocycles. The lowest BCUT2D eigenvalue weighted by Crippen LogP contribution is -2.19. The molecule has 0 radical (unpaired) electrons. The van der Waals surface area contributed by atoms with Gasteiger partial charge < -0.3 is 10.1 Å². The first-order valence-corrected chi connectivity index (χ1v) is 9.14. The molecule has 0 aliphatic carbocycles. The van der Waals surface area contributed by atoms with Gasteiger partial charge in [0, 0.05) is 46.9 Å². The summed E-state index contributed by atoms with van der Waals surface area (Å²) >= 11 is 5.79. The minimum absolute atomic E-state index is 0.00450. The molecule has 0 bridgehead atoms. The number of fused-ring (bicyclic) bond motifs is 1. The lowest BCUT2D eigenvalue weighted by Gasteiger charge is -2.16. The zero-order valence-corrected chi connectivity index (χ0v) is 15.4. The first kappa shape index (κ1) is 18.9. The van der Waals surface area contributed by atoms with Crippen molar-refractivity contribution in [2.24, 2.45) is 0 Å². The van der Waals surface area contributed by atoms with Crippen LogP contribution in [0.5, 0.6) is 0 Å². The average molecular weight is 409 g/mol. The van der Waals surface area contributed by atoms with Crippen LogP contribution in [0.2, 0.25) is 5.02 Å². The second-order valence-electron chi connectivity index (χ2n) is 6.52. The van der Waals surface area contributed by atoms with Gasteiger partial charge in [0.2, 0.25) is 0 Å². The minimum Gasteiger partial charge on any atom is -0.376 e. The Morgan fingerprint density at radius 3 is 2.79 bits per heavy atom. The number of anilines is 1. The van der Waals surface area contributed by atoms with Crippen molar-refractivity contribution in [3.05, 3.63) is 47.2 Å². The van der Waals surface area contributed by atoms with Crippen LogP contribution in [-0.2, 0) is 10.9 Å². The molecule has 1 aliphatic rings. The quantitative estimate of drug-likeness (QED) is 0.661. The normalized spacial score (nSPS) is 17.2. The summed E-state index contributed by atoms with van der Waals surface area (Å²) in [4.78, 5) is 4.09. The lowest BCUT2D eigenvalue weighted by atomic mass is 10.0. The van der Waals surface area contributed by atoms with Crippen LogP contribution in [0.3, 0.4) is 0 Å². The molecule has 1 aliphatic heterocycles. The highest BCUT2D eigenvalue weighted by molar-refractivity contribution is 6.30. The highest BCUT2D eigenvalue weighted by Crippen LogP contribution is 2.40. The molecule has 1 aromatic carbocycles. The fourth-order valence-electron chi connectivity index (χ4n) is 3.30. The van der Waals surface area contributed by atoms with Crippen LogP contribution < -0.4 is 5.32 Å². The Kier molecular flexibility index (Phi) is 5.07. The molecule has 1 N–H and O–H groups in total. The number of benzene rings is 1. The van der Waals surface area contributed by atoms with Crippen molar-refractivity contribution < 1.29 is 17.9 Å². The number of hydrogen-bond acceptors (Lipinski definition) is 5. The molecule has 5 nitrogen and oxygen atoms in total. The van der Waals surface area contributed by atoms with Gasteiger partial charge in [0.15, 0.2) is 5.82 Å². The Labute approximate surface area is 163 Å². The van der Waals surface area contributed by atoms with Gasteiger partial charge in [0.05, 0.1) is 11.7 Å². The van der Waals surface area contributed by atoms with Gasteiger partial charge in [-0.15, -0.1) is 10.2 Å². The molecule has 146 valence electrons. The van der Waals surface area contributed by atoms with E-state index in [2.05, 4.69) is 20.5 Å². The molecule has 4 rings (SSSR count). The van der Waals surface area contributed by atoms with Crippen molar-refractivity contribution in [1.82, 2.24) is 15.2 Å². The van der Waals surface area contributed by atoms with E-state index in [9.17, 15) is 13.2 Å². The molecule has 1 unspecified atom stereocenters. The Morgan fingerprint density at radius 1 is 1.18 bits per heavy atom. The molecule has 0 saturated carbocycles. The molecule has 1 saturated heterocycles. The van der Waals surface area contributed by atoms with E-state index in [4.69, 9.17) is 16.3 Å². The Hall–Kier alpha value is -2.45. The summed E-state index contributed by atoms with van der Waals surface area (Å²) in [6.45, 7) is 1.28. The molecule has 3 aromatic rings. The Morgan fingerprint density at radius 2 is 2.04 bits per heavy atom. The molecule has 2 aromatic heterocycles. The Balaban J connectivity index is 1.79. The third-order valence-electron chi connectivity index (χ3n) is 4.64. The number of pyridine rings is 1. The first-order chi connectivity index (χ1) is 13.4. The molecule has 28 heavy (non-hydrogen) atoms. The van der Waals surface area contributed by atoms with E-state index in [0.29, 0.717) is 23.1 Å². The highest BCUT2D eigenvalue weighted by atomic mass is 35.5. The van der Waals surface area contributed by atoms with Crippen molar-refractivity contribution in [2.75, 3.05) is 18.5 Å². The number of alkyl halides is 3. The van der Waals surface area contributed by atoms with Gasteiger partial charge in [0.1, 0.15) is 5.69 Å². The van der Waals surface area contributed by atoms with Crippen molar-refractivity contribution in [3.8, 4) is 11.3 Å². The van der Waals surface area contributed by atoms with E-state index in [1.807, 2.05) is 0 Å². The predicted octanol–water partition coefficient (Wildman–Crippen LogP) is 4.95. The smallest absolute Gasteiger partial charge is 0.376 e. The fourth-order valence-corrected chi connectivity index (χ4v) is 3.47. The van der Waals surface area contributed by atoms with Crippen molar-refractivity contribution >= 4 is 28.2 Å². The van der Waals surface area contributed by atoms with E-state index >= 15 is 0 Å². The summed E-state index contributed by atoms with van der Waals surface area (Å²) in [7, 11) is 0. The number of hydrogen-bond donors (Lipinski definition) is 1. The topological polar surface area (TPSA) is 59.9 Å². The van der Waals surface area contributed by atoms with Gasteiger partial charge in [-0.3, -0.25) is 4.98 Å². The molecule has 0 spiro atoms. The van der Waals surface area contributed by atoms with E-state index in [1.54, 1.807) is 12.3 Å². The second kappa shape index (κ2) is 7.52. The first-order valence-electron chi connectivity index (χ1n) is 8.76. The fraction of sp³-hybridized carbons (Fsp3) is 0.316. The molecule has 0 amide bonds. The number of nitrogens with zero attached hydrogens (tertiary/aromatic N) is 3. The van der Waals surface area contributed by atoms with Gasteiger partial charge >= 0.3 is 6.18 Å². The summed E-state index contributed by atoms with van der Waals surface area (Å²) in [5.41, 5.74) is -0.803. The zero-order chi connectivity index (χ0) is 19.7. The van der Waals surface area contributed by atoms with E-state index < -0.39 is 11.7 Å². The number of nitrogens with one attached hydrogen (secondary N) is 1. The zero-order valence-electron chi connectivity index (χ0n) is 14.6. The van der Waals surface area contributed by atoms with Crippen LogP contribution in [-0.4, -0.2) is 34.4 Å². The third-order valence-corrected chi connectivity index (χ3v) is 4.88. The van der Waals surface area contributed by atoms with Gasteiger partial charge in [-0.1, -0.05) is 17.7 Å². The number of ether oxygens (including phenoxy) is 1. The molecular formula is C19H16ClF3N4O. The lowest BCUT2D eigenvalue weighted by molar-refractivity contribution is -0.137. The molecule has 9 heteroatoms. The summed E-state index contributed by atoms with van der Waals surface area (Å²) in [6.07, 6.45) is 0.554. The van der Waals surface area contributed by atoms with Crippen molar-refractivity contribution in [3.63, 3.8) is 0 Å². The maximum atomic E-state index is 13.5. The average Bonchev–Trinajstić information content (AvgIpc) is 3.19. The van der Waals surface area contributed by atoms with Crippen LogP contribution in [0, 0.1) is 0 Å². The monoisotopic (exact) mass is 408 g/mol. The standard InChI is InChI=1S/C19H16ClF3N4O/c20-11-3-4-14(16(8-11)19(21,22)23)17-13-5-6-24-10-15(13)18(27-26-17)25-9-12-2-1-7-28-12/h3-6,8,10,12H,1-2,7,9H2,(H,25,27). The van der Waals surface area contributed by atoms with Crippen LogP contribution in [0.15, 0.2) is 36.7 Å².